The highest BCUT2D eigenvalue weighted by molar-refractivity contribution is 5.66. The Balaban J connectivity index is 2.20. The van der Waals surface area contributed by atoms with Crippen LogP contribution in [-0.2, 0) is 7.05 Å². The molecular formula is C14H14N6. The Bertz CT molecular complexity index is 753. The van der Waals surface area contributed by atoms with E-state index in [9.17, 15) is 0 Å². The summed E-state index contributed by atoms with van der Waals surface area (Å²) in [5, 5.41) is 13.0. The summed E-state index contributed by atoms with van der Waals surface area (Å²) >= 11 is 0. The lowest BCUT2D eigenvalue weighted by Gasteiger charge is -2.02. The standard InChI is InChI=1S/C14H14N6/c1-10-13(12-9-16-19(3)17-12)18-20(14(10)15-2)11-7-5-4-6-8-11/h4-9H,2H2,1,3H3. The topological polar surface area (TPSA) is 60.9 Å². The van der Waals surface area contributed by atoms with Crippen LogP contribution in [0.15, 0.2) is 41.5 Å². The molecule has 1 aromatic carbocycles. The molecule has 0 radical (unpaired) electrons. The van der Waals surface area contributed by atoms with Gasteiger partial charge in [-0.25, -0.2) is 9.67 Å². The minimum Gasteiger partial charge on any atom is -0.245 e. The molecule has 0 saturated carbocycles. The van der Waals surface area contributed by atoms with Gasteiger partial charge in [0.2, 0.25) is 0 Å². The molecular weight excluding hydrogens is 252 g/mol. The molecule has 6 nitrogen and oxygen atoms in total. The molecule has 3 rings (SSSR count). The molecule has 0 spiro atoms. The number of aromatic nitrogens is 5. The first-order chi connectivity index (χ1) is 9.70. The maximum Gasteiger partial charge on any atom is 0.158 e. The molecule has 0 aliphatic carbocycles. The van der Waals surface area contributed by atoms with Gasteiger partial charge in [-0.05, 0) is 25.8 Å². The third-order valence-electron chi connectivity index (χ3n) is 3.08. The van der Waals surface area contributed by atoms with E-state index in [4.69, 9.17) is 0 Å². The van der Waals surface area contributed by atoms with Crippen LogP contribution in [0, 0.1) is 6.92 Å². The zero-order chi connectivity index (χ0) is 14.1. The molecule has 20 heavy (non-hydrogen) atoms. The smallest absolute Gasteiger partial charge is 0.158 e. The highest BCUT2D eigenvalue weighted by Gasteiger charge is 2.17. The summed E-state index contributed by atoms with van der Waals surface area (Å²) in [6.07, 6.45) is 1.69. The lowest BCUT2D eigenvalue weighted by atomic mass is 10.2. The predicted octanol–water partition coefficient (Wildman–Crippen LogP) is 2.31. The van der Waals surface area contributed by atoms with Crippen LogP contribution in [-0.4, -0.2) is 31.5 Å². The van der Waals surface area contributed by atoms with E-state index in [0.717, 1.165) is 28.5 Å². The van der Waals surface area contributed by atoms with E-state index in [2.05, 4.69) is 27.0 Å². The molecule has 0 aliphatic rings. The first-order valence-electron chi connectivity index (χ1n) is 6.19. The number of hydrogen-bond donors (Lipinski definition) is 0. The monoisotopic (exact) mass is 266 g/mol. The summed E-state index contributed by atoms with van der Waals surface area (Å²) in [5.41, 5.74) is 3.37. The van der Waals surface area contributed by atoms with Crippen molar-refractivity contribution in [3.05, 3.63) is 42.1 Å². The molecule has 0 N–H and O–H groups in total. The van der Waals surface area contributed by atoms with Gasteiger partial charge in [0.05, 0.1) is 11.9 Å². The van der Waals surface area contributed by atoms with E-state index in [1.165, 1.54) is 4.80 Å². The number of hydrogen-bond acceptors (Lipinski definition) is 4. The van der Waals surface area contributed by atoms with Crippen LogP contribution in [0.3, 0.4) is 0 Å². The Kier molecular flexibility index (Phi) is 2.90. The van der Waals surface area contributed by atoms with Gasteiger partial charge in [-0.2, -0.15) is 20.1 Å². The van der Waals surface area contributed by atoms with Gasteiger partial charge in [0.25, 0.3) is 0 Å². The van der Waals surface area contributed by atoms with Crippen LogP contribution in [0.4, 0.5) is 5.82 Å². The number of nitrogens with zero attached hydrogens (tertiary/aromatic N) is 6. The van der Waals surface area contributed by atoms with Gasteiger partial charge in [0.1, 0.15) is 11.4 Å². The second-order valence-electron chi connectivity index (χ2n) is 4.42. The molecule has 100 valence electrons. The SMILES string of the molecule is C=Nc1c(C)c(-c2cnn(C)n2)nn1-c1ccccc1. The van der Waals surface area contributed by atoms with E-state index in [1.807, 2.05) is 37.3 Å². The van der Waals surface area contributed by atoms with Crippen LogP contribution in [0.25, 0.3) is 17.1 Å². The Labute approximate surface area is 116 Å². The fourth-order valence-corrected chi connectivity index (χ4v) is 2.12. The van der Waals surface area contributed by atoms with Gasteiger partial charge in [-0.15, -0.1) is 0 Å². The molecule has 3 aromatic rings. The Morgan fingerprint density at radius 2 is 1.90 bits per heavy atom. The van der Waals surface area contributed by atoms with Crippen molar-refractivity contribution in [3.8, 4) is 17.1 Å². The van der Waals surface area contributed by atoms with Gasteiger partial charge in [-0.1, -0.05) is 18.2 Å². The first-order valence-corrected chi connectivity index (χ1v) is 6.19. The van der Waals surface area contributed by atoms with Crippen LogP contribution in [0.2, 0.25) is 0 Å². The lowest BCUT2D eigenvalue weighted by molar-refractivity contribution is 0.655. The van der Waals surface area contributed by atoms with Gasteiger partial charge < -0.3 is 0 Å². The largest absolute Gasteiger partial charge is 0.245 e. The maximum atomic E-state index is 4.60. The molecule has 0 atom stereocenters. The maximum absolute atomic E-state index is 4.60. The van der Waals surface area contributed by atoms with Crippen molar-refractivity contribution in [1.29, 1.82) is 0 Å². The van der Waals surface area contributed by atoms with Crippen molar-refractivity contribution in [2.45, 2.75) is 6.92 Å². The highest BCUT2D eigenvalue weighted by Crippen LogP contribution is 2.30. The molecule has 0 unspecified atom stereocenters. The predicted molar refractivity (Wildman–Crippen MR) is 77.5 cm³/mol. The summed E-state index contributed by atoms with van der Waals surface area (Å²) in [6.45, 7) is 5.60. The van der Waals surface area contributed by atoms with Crippen molar-refractivity contribution >= 4 is 12.5 Å². The summed E-state index contributed by atoms with van der Waals surface area (Å²) in [6, 6.07) is 9.83. The van der Waals surface area contributed by atoms with Crippen LogP contribution in [0.5, 0.6) is 0 Å². The number of benzene rings is 1. The number of rotatable bonds is 3. The lowest BCUT2D eigenvalue weighted by Crippen LogP contribution is -1.96. The number of aryl methyl sites for hydroxylation is 1. The minimum absolute atomic E-state index is 0.719. The van der Waals surface area contributed by atoms with Crippen LogP contribution in [0.1, 0.15) is 5.56 Å². The van der Waals surface area contributed by atoms with Gasteiger partial charge in [-0.3, -0.25) is 0 Å². The Morgan fingerprint density at radius 1 is 1.15 bits per heavy atom. The highest BCUT2D eigenvalue weighted by atomic mass is 15.5. The molecule has 0 amide bonds. The fourth-order valence-electron chi connectivity index (χ4n) is 2.12. The van der Waals surface area contributed by atoms with Gasteiger partial charge >= 0.3 is 0 Å². The molecule has 2 heterocycles. The van der Waals surface area contributed by atoms with E-state index < -0.39 is 0 Å². The average molecular weight is 266 g/mol. The number of para-hydroxylation sites is 1. The molecule has 0 saturated heterocycles. The Morgan fingerprint density at radius 3 is 2.50 bits per heavy atom. The number of aliphatic imine (C=N–C) groups is 1. The summed E-state index contributed by atoms with van der Waals surface area (Å²) in [7, 11) is 1.78. The Hall–Kier alpha value is -2.76. The third kappa shape index (κ3) is 1.91. The third-order valence-corrected chi connectivity index (χ3v) is 3.08. The first kappa shape index (κ1) is 12.3. The summed E-state index contributed by atoms with van der Waals surface area (Å²) in [4.78, 5) is 5.61. The average Bonchev–Trinajstić information content (AvgIpc) is 3.03. The molecule has 6 heteroatoms. The quantitative estimate of drug-likeness (QED) is 0.683. The van der Waals surface area contributed by atoms with Crippen LogP contribution >= 0.6 is 0 Å². The van der Waals surface area contributed by atoms with Crippen molar-refractivity contribution in [2.24, 2.45) is 12.0 Å². The van der Waals surface area contributed by atoms with E-state index >= 15 is 0 Å². The molecule has 0 aliphatic heterocycles. The van der Waals surface area contributed by atoms with E-state index in [1.54, 1.807) is 17.9 Å². The fraction of sp³-hybridized carbons (Fsp3) is 0.143. The summed E-state index contributed by atoms with van der Waals surface area (Å²) in [5.74, 6) is 0.719. The second-order valence-corrected chi connectivity index (χ2v) is 4.42. The normalized spacial score (nSPS) is 10.7. The minimum atomic E-state index is 0.719. The van der Waals surface area contributed by atoms with Crippen molar-refractivity contribution < 1.29 is 0 Å². The van der Waals surface area contributed by atoms with Crippen molar-refractivity contribution in [3.63, 3.8) is 0 Å². The van der Waals surface area contributed by atoms with E-state index in [-0.39, 0.29) is 0 Å². The molecule has 0 fully saturated rings. The van der Waals surface area contributed by atoms with Gasteiger partial charge in [0, 0.05) is 12.6 Å². The molecule has 2 aromatic heterocycles. The van der Waals surface area contributed by atoms with E-state index in [0.29, 0.717) is 0 Å². The van der Waals surface area contributed by atoms with Gasteiger partial charge in [0.15, 0.2) is 5.82 Å². The molecule has 0 bridgehead atoms. The second kappa shape index (κ2) is 4.73. The van der Waals surface area contributed by atoms with Crippen molar-refractivity contribution in [1.82, 2.24) is 24.8 Å². The zero-order valence-corrected chi connectivity index (χ0v) is 11.4. The van der Waals surface area contributed by atoms with Crippen LogP contribution < -0.4 is 0 Å². The van der Waals surface area contributed by atoms with Crippen molar-refractivity contribution in [2.75, 3.05) is 0 Å². The zero-order valence-electron chi connectivity index (χ0n) is 11.4. The summed E-state index contributed by atoms with van der Waals surface area (Å²) < 4.78 is 1.77.